The lowest BCUT2D eigenvalue weighted by Crippen LogP contribution is -2.18. The number of carbonyl (C=O) groups is 1. The van der Waals surface area contributed by atoms with Gasteiger partial charge in [0.2, 0.25) is 11.8 Å². The van der Waals surface area contributed by atoms with Crippen molar-refractivity contribution < 1.29 is 14.3 Å². The Morgan fingerprint density at radius 1 is 1.26 bits per heavy atom. The molecule has 1 amide bonds. The number of halogens is 1. The van der Waals surface area contributed by atoms with Gasteiger partial charge in [-0.05, 0) is 28.1 Å². The Morgan fingerprint density at radius 2 is 2.00 bits per heavy atom. The van der Waals surface area contributed by atoms with E-state index >= 15 is 0 Å². The van der Waals surface area contributed by atoms with Gasteiger partial charge in [0, 0.05) is 6.07 Å². The van der Waals surface area contributed by atoms with Crippen molar-refractivity contribution in [1.29, 1.82) is 0 Å². The van der Waals surface area contributed by atoms with E-state index in [1.165, 1.54) is 7.11 Å². The van der Waals surface area contributed by atoms with E-state index in [9.17, 15) is 4.79 Å². The number of anilines is 1. The number of carbonyl (C=O) groups excluding carboxylic acids is 1. The molecule has 0 radical (unpaired) electrons. The topological polar surface area (TPSA) is 73.3 Å². The third-order valence-corrected chi connectivity index (χ3v) is 2.45. The van der Waals surface area contributed by atoms with Crippen molar-refractivity contribution >= 4 is 28.0 Å². The van der Waals surface area contributed by atoms with Crippen LogP contribution in [-0.4, -0.2) is 23.2 Å². The van der Waals surface area contributed by atoms with Crippen molar-refractivity contribution in [3.63, 3.8) is 0 Å². The number of rotatable bonds is 3. The summed E-state index contributed by atoms with van der Waals surface area (Å²) in [6.07, 6.45) is -0.675. The molecule has 6 nitrogen and oxygen atoms in total. The first-order valence-electron chi connectivity index (χ1n) is 5.30. The smallest absolute Gasteiger partial charge is 0.419 e. The third kappa shape index (κ3) is 3.92. The summed E-state index contributed by atoms with van der Waals surface area (Å²) in [6, 6.07) is 10.3. The molecule has 0 bridgehead atoms. The lowest BCUT2D eigenvalue weighted by Gasteiger charge is -2.06. The summed E-state index contributed by atoms with van der Waals surface area (Å²) in [5.74, 6) is 0.853. The Labute approximate surface area is 117 Å². The van der Waals surface area contributed by atoms with Crippen molar-refractivity contribution in [2.75, 3.05) is 12.4 Å². The summed E-state index contributed by atoms with van der Waals surface area (Å²) in [5, 5.41) is 2.41. The number of nitrogens with zero attached hydrogens (tertiary/aromatic N) is 2. The van der Waals surface area contributed by atoms with E-state index in [0.717, 1.165) is 0 Å². The molecule has 19 heavy (non-hydrogen) atoms. The molecule has 0 unspecified atom stereocenters. The molecule has 1 N–H and O–H groups in total. The molecule has 98 valence electrons. The highest BCUT2D eigenvalue weighted by Gasteiger charge is 2.09. The fraction of sp³-hybridized carbons (Fsp3) is 0.0833. The number of hydrogen-bond acceptors (Lipinski definition) is 5. The fourth-order valence-corrected chi connectivity index (χ4v) is 1.63. The largest absolute Gasteiger partial charge is 0.481 e. The minimum absolute atomic E-state index is 0.0900. The van der Waals surface area contributed by atoms with Crippen LogP contribution in [0.3, 0.4) is 0 Å². The molecule has 7 heteroatoms. The zero-order valence-electron chi connectivity index (χ0n) is 9.96. The summed E-state index contributed by atoms with van der Waals surface area (Å²) < 4.78 is 10.5. The van der Waals surface area contributed by atoms with Crippen LogP contribution in [0.5, 0.6) is 11.6 Å². The van der Waals surface area contributed by atoms with Crippen LogP contribution in [0.2, 0.25) is 0 Å². The molecule has 0 aliphatic rings. The molecule has 1 aromatic carbocycles. The second kappa shape index (κ2) is 6.14. The number of aromatic nitrogens is 2. The van der Waals surface area contributed by atoms with Crippen molar-refractivity contribution in [3.8, 4) is 11.6 Å². The van der Waals surface area contributed by atoms with Gasteiger partial charge in [-0.15, -0.1) is 0 Å². The van der Waals surface area contributed by atoms with Crippen LogP contribution in [0.4, 0.5) is 10.7 Å². The van der Waals surface area contributed by atoms with Crippen LogP contribution in [0.25, 0.3) is 0 Å². The molecule has 1 aromatic heterocycles. The van der Waals surface area contributed by atoms with Crippen molar-refractivity contribution in [3.05, 3.63) is 41.0 Å². The van der Waals surface area contributed by atoms with E-state index in [1.54, 1.807) is 30.3 Å². The monoisotopic (exact) mass is 323 g/mol. The number of ether oxygens (including phenoxy) is 2. The predicted octanol–water partition coefficient (Wildman–Crippen LogP) is 2.86. The molecule has 0 saturated carbocycles. The van der Waals surface area contributed by atoms with Crippen molar-refractivity contribution in [1.82, 2.24) is 9.97 Å². The molecule has 0 atom stereocenters. The van der Waals surface area contributed by atoms with E-state index in [4.69, 9.17) is 9.47 Å². The summed E-state index contributed by atoms with van der Waals surface area (Å²) in [5.41, 5.74) is 0. The minimum Gasteiger partial charge on any atom is -0.481 e. The molecule has 0 spiro atoms. The van der Waals surface area contributed by atoms with Gasteiger partial charge in [0.05, 0.1) is 7.11 Å². The average Bonchev–Trinajstić information content (AvgIpc) is 2.38. The van der Waals surface area contributed by atoms with Gasteiger partial charge in [0.25, 0.3) is 0 Å². The zero-order chi connectivity index (χ0) is 13.7. The lowest BCUT2D eigenvalue weighted by molar-refractivity contribution is 0.215. The lowest BCUT2D eigenvalue weighted by atomic mass is 10.3. The van der Waals surface area contributed by atoms with Crippen LogP contribution < -0.4 is 14.8 Å². The van der Waals surface area contributed by atoms with E-state index in [1.807, 2.05) is 6.07 Å². The quantitative estimate of drug-likeness (QED) is 0.879. The molecular weight excluding hydrogens is 314 g/mol. The molecular formula is C12H10BrN3O3. The Bertz CT molecular complexity index is 578. The highest BCUT2D eigenvalue weighted by atomic mass is 79.9. The van der Waals surface area contributed by atoms with Crippen molar-refractivity contribution in [2.24, 2.45) is 0 Å². The number of benzene rings is 1. The Morgan fingerprint density at radius 3 is 2.68 bits per heavy atom. The molecule has 2 aromatic rings. The molecule has 0 fully saturated rings. The van der Waals surface area contributed by atoms with Gasteiger partial charge in [-0.25, -0.2) is 9.78 Å². The first-order valence-corrected chi connectivity index (χ1v) is 6.09. The van der Waals surface area contributed by atoms with Gasteiger partial charge in [-0.1, -0.05) is 18.2 Å². The van der Waals surface area contributed by atoms with Crippen LogP contribution >= 0.6 is 15.9 Å². The molecule has 0 aliphatic heterocycles. The number of amides is 1. The van der Waals surface area contributed by atoms with Gasteiger partial charge in [-0.3, -0.25) is 5.32 Å². The SMILES string of the molecule is COc1cc(Br)nc(NC(=O)Oc2ccccc2)n1. The van der Waals surface area contributed by atoms with E-state index < -0.39 is 6.09 Å². The number of methoxy groups -OCH3 is 1. The van der Waals surface area contributed by atoms with Crippen LogP contribution in [0.15, 0.2) is 41.0 Å². The van der Waals surface area contributed by atoms with Gasteiger partial charge < -0.3 is 9.47 Å². The highest BCUT2D eigenvalue weighted by molar-refractivity contribution is 9.10. The molecule has 2 rings (SSSR count). The summed E-state index contributed by atoms with van der Waals surface area (Å²) in [7, 11) is 1.47. The first kappa shape index (κ1) is 13.3. The summed E-state index contributed by atoms with van der Waals surface area (Å²) in [4.78, 5) is 19.6. The number of nitrogens with one attached hydrogen (secondary N) is 1. The normalized spacial score (nSPS) is 9.79. The van der Waals surface area contributed by atoms with Crippen molar-refractivity contribution in [2.45, 2.75) is 0 Å². The van der Waals surface area contributed by atoms with Gasteiger partial charge in [0.1, 0.15) is 10.4 Å². The third-order valence-electron chi connectivity index (χ3n) is 2.05. The molecule has 0 aliphatic carbocycles. The maximum absolute atomic E-state index is 11.6. The van der Waals surface area contributed by atoms with Gasteiger partial charge >= 0.3 is 6.09 Å². The number of para-hydroxylation sites is 1. The van der Waals surface area contributed by atoms with Gasteiger partial charge in [0.15, 0.2) is 0 Å². The maximum atomic E-state index is 11.6. The second-order valence-electron chi connectivity index (χ2n) is 3.38. The summed E-state index contributed by atoms with van der Waals surface area (Å²) in [6.45, 7) is 0. The molecule has 1 heterocycles. The zero-order valence-corrected chi connectivity index (χ0v) is 11.5. The first-order chi connectivity index (χ1) is 9.17. The van der Waals surface area contributed by atoms with E-state index in [-0.39, 0.29) is 5.95 Å². The van der Waals surface area contributed by atoms with E-state index in [2.05, 4.69) is 31.2 Å². The summed E-state index contributed by atoms with van der Waals surface area (Å²) >= 11 is 3.19. The second-order valence-corrected chi connectivity index (χ2v) is 4.20. The molecule has 0 saturated heterocycles. The Balaban J connectivity index is 2.05. The standard InChI is InChI=1S/C12H10BrN3O3/c1-18-10-7-9(13)14-11(15-10)16-12(17)19-8-5-3-2-4-6-8/h2-7H,1H3,(H,14,15,16,17). The van der Waals surface area contributed by atoms with Crippen LogP contribution in [0, 0.1) is 0 Å². The average molecular weight is 324 g/mol. The number of hydrogen-bond donors (Lipinski definition) is 1. The Hall–Kier alpha value is -2.15. The maximum Gasteiger partial charge on any atom is 0.419 e. The predicted molar refractivity (Wildman–Crippen MR) is 72.4 cm³/mol. The van der Waals surface area contributed by atoms with E-state index in [0.29, 0.717) is 16.2 Å². The fourth-order valence-electron chi connectivity index (χ4n) is 1.27. The van der Waals surface area contributed by atoms with Crippen LogP contribution in [0.1, 0.15) is 0 Å². The minimum atomic E-state index is -0.675. The van der Waals surface area contributed by atoms with Gasteiger partial charge in [-0.2, -0.15) is 4.98 Å². The van der Waals surface area contributed by atoms with Crippen LogP contribution in [-0.2, 0) is 0 Å². The highest BCUT2D eigenvalue weighted by Crippen LogP contribution is 2.16. The Kier molecular flexibility index (Phi) is 4.30.